The number of primary amides is 1. The predicted octanol–water partition coefficient (Wildman–Crippen LogP) is 1.82. The number of fused-ring (bicyclic) bond motifs is 1. The molecule has 0 radical (unpaired) electrons. The van der Waals surface area contributed by atoms with Crippen LogP contribution < -0.4 is 10.5 Å². The van der Waals surface area contributed by atoms with E-state index >= 15 is 0 Å². The highest BCUT2D eigenvalue weighted by Crippen LogP contribution is 2.31. The van der Waals surface area contributed by atoms with Crippen LogP contribution in [-0.4, -0.2) is 29.4 Å². The van der Waals surface area contributed by atoms with Gasteiger partial charge in [0.05, 0.1) is 38.5 Å². The van der Waals surface area contributed by atoms with E-state index in [0.29, 0.717) is 5.52 Å². The van der Waals surface area contributed by atoms with Crippen LogP contribution in [0.1, 0.15) is 10.4 Å². The van der Waals surface area contributed by atoms with E-state index in [1.165, 1.54) is 6.33 Å². The Labute approximate surface area is 141 Å². The molecule has 3 rings (SSSR count). The molecule has 5 N–H and O–H groups in total. The number of halogens is 1. The number of amides is 1. The van der Waals surface area contributed by atoms with Gasteiger partial charge in [-0.3, -0.25) is 9.52 Å². The molecule has 1 amide bonds. The summed E-state index contributed by atoms with van der Waals surface area (Å²) in [5.74, 6) is -1.56. The fourth-order valence-corrected chi connectivity index (χ4v) is 3.51. The van der Waals surface area contributed by atoms with Crippen LogP contribution in [0.5, 0.6) is 5.75 Å². The van der Waals surface area contributed by atoms with Crippen LogP contribution in [0.15, 0.2) is 41.6 Å². The molecule has 0 spiro atoms. The first kappa shape index (κ1) is 16.1. The number of hydrogen-bond acceptors (Lipinski definition) is 5. The molecule has 0 aliphatic carbocycles. The average molecular weight is 367 g/mol. The molecule has 0 fully saturated rings. The summed E-state index contributed by atoms with van der Waals surface area (Å²) < 4.78 is 27.3. The minimum absolute atomic E-state index is 0.277. The summed E-state index contributed by atoms with van der Waals surface area (Å²) in [6.07, 6.45) is 1.49. The second-order valence-electron chi connectivity index (χ2n) is 4.91. The standard InChI is InChI=1S/C14H11ClN4O4S/c15-10-5-8(4-9(13(10)20)14(16)21)24(22,23)19-7-1-2-11-12(3-7)18-6-17-11/h1-6,19-20H,(H2,16,21)(H,17,18). The maximum atomic E-state index is 12.5. The monoisotopic (exact) mass is 366 g/mol. The molecular weight excluding hydrogens is 356 g/mol. The van der Waals surface area contributed by atoms with Crippen LogP contribution in [0, 0.1) is 0 Å². The van der Waals surface area contributed by atoms with Gasteiger partial charge in [0.2, 0.25) is 0 Å². The lowest BCUT2D eigenvalue weighted by Gasteiger charge is -2.11. The number of nitrogens with one attached hydrogen (secondary N) is 2. The summed E-state index contributed by atoms with van der Waals surface area (Å²) in [6, 6.07) is 6.74. The smallest absolute Gasteiger partial charge is 0.261 e. The second-order valence-corrected chi connectivity index (χ2v) is 7.00. The predicted molar refractivity (Wildman–Crippen MR) is 88.5 cm³/mol. The average Bonchev–Trinajstić information content (AvgIpc) is 2.96. The lowest BCUT2D eigenvalue weighted by Crippen LogP contribution is -2.16. The molecule has 1 aromatic heterocycles. The first-order valence-electron chi connectivity index (χ1n) is 6.56. The number of aromatic nitrogens is 2. The van der Waals surface area contributed by atoms with Crippen molar-refractivity contribution in [2.75, 3.05) is 4.72 Å². The molecule has 0 aliphatic heterocycles. The molecule has 0 saturated carbocycles. The number of sulfonamides is 1. The normalized spacial score (nSPS) is 11.5. The van der Waals surface area contributed by atoms with Crippen molar-refractivity contribution in [2.45, 2.75) is 4.90 Å². The summed E-state index contributed by atoms with van der Waals surface area (Å²) in [7, 11) is -4.05. The molecule has 0 atom stereocenters. The third-order valence-corrected chi connectivity index (χ3v) is 4.94. The Bertz CT molecular complexity index is 1060. The number of aromatic hydroxyl groups is 1. The Hall–Kier alpha value is -2.78. The van der Waals surface area contributed by atoms with Crippen molar-refractivity contribution >= 4 is 44.3 Å². The number of carbonyl (C=O) groups excluding carboxylic acids is 1. The van der Waals surface area contributed by atoms with Gasteiger partial charge in [-0.15, -0.1) is 0 Å². The quantitative estimate of drug-likeness (QED) is 0.558. The third-order valence-electron chi connectivity index (χ3n) is 3.29. The molecule has 0 aliphatic rings. The zero-order valence-electron chi connectivity index (χ0n) is 11.9. The SMILES string of the molecule is NC(=O)c1cc(S(=O)(=O)Nc2ccc3[nH]cnc3c2)cc(Cl)c1O. The van der Waals surface area contributed by atoms with Crippen LogP contribution in [0.3, 0.4) is 0 Å². The number of benzene rings is 2. The molecule has 10 heteroatoms. The maximum absolute atomic E-state index is 12.5. The third kappa shape index (κ3) is 2.86. The summed E-state index contributed by atoms with van der Waals surface area (Å²) >= 11 is 5.77. The fraction of sp³-hybridized carbons (Fsp3) is 0. The second kappa shape index (κ2) is 5.69. The number of hydrogen-bond donors (Lipinski definition) is 4. The molecule has 1 heterocycles. The van der Waals surface area contributed by atoms with Gasteiger partial charge < -0.3 is 15.8 Å². The zero-order chi connectivity index (χ0) is 17.5. The van der Waals surface area contributed by atoms with Crippen LogP contribution in [-0.2, 0) is 10.0 Å². The van der Waals surface area contributed by atoms with E-state index < -0.39 is 21.7 Å². The van der Waals surface area contributed by atoms with Gasteiger partial charge in [-0.1, -0.05) is 11.6 Å². The number of phenols is 1. The zero-order valence-corrected chi connectivity index (χ0v) is 13.5. The molecule has 2 aromatic carbocycles. The number of nitrogens with zero attached hydrogens (tertiary/aromatic N) is 1. The first-order valence-corrected chi connectivity index (χ1v) is 8.42. The molecule has 0 saturated heterocycles. The Morgan fingerprint density at radius 2 is 2.04 bits per heavy atom. The highest BCUT2D eigenvalue weighted by atomic mass is 35.5. The summed E-state index contributed by atoms with van der Waals surface area (Å²) in [5, 5.41) is 9.39. The number of nitrogens with two attached hydrogens (primary N) is 1. The minimum atomic E-state index is -4.05. The van der Waals surface area contributed by atoms with Gasteiger partial charge >= 0.3 is 0 Å². The van der Waals surface area contributed by atoms with Gasteiger partial charge in [-0.05, 0) is 30.3 Å². The number of rotatable bonds is 4. The number of aromatic amines is 1. The van der Waals surface area contributed by atoms with Gasteiger partial charge in [0.1, 0.15) is 5.75 Å². The Morgan fingerprint density at radius 3 is 2.75 bits per heavy atom. The minimum Gasteiger partial charge on any atom is -0.506 e. The van der Waals surface area contributed by atoms with Crippen LogP contribution in [0.4, 0.5) is 5.69 Å². The summed E-state index contributed by atoms with van der Waals surface area (Å²) in [5.41, 5.74) is 6.34. The molecule has 8 nitrogen and oxygen atoms in total. The summed E-state index contributed by atoms with van der Waals surface area (Å²) in [4.78, 5) is 17.9. The molecule has 24 heavy (non-hydrogen) atoms. The van der Waals surface area contributed by atoms with Gasteiger partial charge in [-0.2, -0.15) is 0 Å². The first-order chi connectivity index (χ1) is 11.3. The highest BCUT2D eigenvalue weighted by molar-refractivity contribution is 7.92. The highest BCUT2D eigenvalue weighted by Gasteiger charge is 2.21. The molecular formula is C14H11ClN4O4S. The van der Waals surface area contributed by atoms with Gasteiger partial charge in [0.25, 0.3) is 15.9 Å². The van der Waals surface area contributed by atoms with Crippen LogP contribution in [0.2, 0.25) is 5.02 Å². The number of H-pyrrole nitrogens is 1. The van der Waals surface area contributed by atoms with Gasteiger partial charge in [0, 0.05) is 0 Å². The van der Waals surface area contributed by atoms with Crippen molar-refractivity contribution in [3.63, 3.8) is 0 Å². The topological polar surface area (TPSA) is 138 Å². The maximum Gasteiger partial charge on any atom is 0.261 e. The van der Waals surface area contributed by atoms with Crippen molar-refractivity contribution in [1.29, 1.82) is 0 Å². The molecule has 3 aromatic rings. The van der Waals surface area contributed by atoms with E-state index in [-0.39, 0.29) is 21.2 Å². The van der Waals surface area contributed by atoms with Crippen molar-refractivity contribution in [3.8, 4) is 5.75 Å². The summed E-state index contributed by atoms with van der Waals surface area (Å²) in [6.45, 7) is 0. The van der Waals surface area contributed by atoms with Crippen LogP contribution in [0.25, 0.3) is 11.0 Å². The van der Waals surface area contributed by atoms with E-state index in [0.717, 1.165) is 17.6 Å². The van der Waals surface area contributed by atoms with E-state index in [2.05, 4.69) is 14.7 Å². The van der Waals surface area contributed by atoms with Gasteiger partial charge in [0.15, 0.2) is 0 Å². The van der Waals surface area contributed by atoms with E-state index in [4.69, 9.17) is 17.3 Å². The number of imidazole rings is 1. The molecule has 124 valence electrons. The number of anilines is 1. The molecule has 0 bridgehead atoms. The Morgan fingerprint density at radius 1 is 1.29 bits per heavy atom. The largest absolute Gasteiger partial charge is 0.506 e. The van der Waals surface area contributed by atoms with Crippen molar-refractivity contribution in [1.82, 2.24) is 9.97 Å². The van der Waals surface area contributed by atoms with E-state index in [1.807, 2.05) is 0 Å². The van der Waals surface area contributed by atoms with E-state index in [1.54, 1.807) is 18.2 Å². The van der Waals surface area contributed by atoms with E-state index in [9.17, 15) is 18.3 Å². The lowest BCUT2D eigenvalue weighted by molar-refractivity contribution is 0.0997. The Kier molecular flexibility index (Phi) is 3.82. The number of carbonyl (C=O) groups is 1. The fourth-order valence-electron chi connectivity index (χ4n) is 2.13. The van der Waals surface area contributed by atoms with Crippen molar-refractivity contribution in [2.24, 2.45) is 5.73 Å². The van der Waals surface area contributed by atoms with Crippen molar-refractivity contribution in [3.05, 3.63) is 47.2 Å². The van der Waals surface area contributed by atoms with Gasteiger partial charge in [-0.25, -0.2) is 13.4 Å². The lowest BCUT2D eigenvalue weighted by atomic mass is 10.2. The Balaban J connectivity index is 2.02. The van der Waals surface area contributed by atoms with Crippen molar-refractivity contribution < 1.29 is 18.3 Å². The van der Waals surface area contributed by atoms with Crippen LogP contribution >= 0.6 is 11.6 Å². The molecule has 0 unspecified atom stereocenters.